The zero-order valence-electron chi connectivity index (χ0n) is 16.1. The molecule has 1 atom stereocenters. The first-order valence-corrected chi connectivity index (χ1v) is 9.22. The lowest BCUT2D eigenvalue weighted by Gasteiger charge is -2.24. The minimum atomic E-state index is -4.46. The van der Waals surface area contributed by atoms with E-state index < -0.39 is 17.6 Å². The van der Waals surface area contributed by atoms with E-state index in [4.69, 9.17) is 4.74 Å². The van der Waals surface area contributed by atoms with Crippen LogP contribution in [0.15, 0.2) is 55.0 Å². The smallest absolute Gasteiger partial charge is 0.371 e. The number of rotatable bonds is 4. The highest BCUT2D eigenvalue weighted by atomic mass is 35.5. The summed E-state index contributed by atoms with van der Waals surface area (Å²) in [6, 6.07) is 9.46. The van der Waals surface area contributed by atoms with Gasteiger partial charge in [-0.25, -0.2) is 9.67 Å². The van der Waals surface area contributed by atoms with Gasteiger partial charge in [-0.3, -0.25) is 4.79 Å². The summed E-state index contributed by atoms with van der Waals surface area (Å²) in [6.07, 6.45) is -1.02. The van der Waals surface area contributed by atoms with E-state index in [1.165, 1.54) is 23.1 Å². The minimum Gasteiger partial charge on any atom is -0.371 e. The molecule has 1 fully saturated rings. The molecule has 3 aromatic rings. The molecule has 2 N–H and O–H groups in total. The zero-order chi connectivity index (χ0) is 21.1. The Morgan fingerprint density at radius 1 is 1.16 bits per heavy atom. The van der Waals surface area contributed by atoms with Crippen molar-refractivity contribution in [2.75, 3.05) is 25.0 Å². The van der Waals surface area contributed by atoms with Crippen LogP contribution in [0.5, 0.6) is 0 Å². The third kappa shape index (κ3) is 5.40. The van der Waals surface area contributed by atoms with Gasteiger partial charge in [0.25, 0.3) is 5.91 Å². The van der Waals surface area contributed by atoms with E-state index in [1.807, 2.05) is 12.1 Å². The van der Waals surface area contributed by atoms with Gasteiger partial charge in [0.05, 0.1) is 30.0 Å². The summed E-state index contributed by atoms with van der Waals surface area (Å²) < 4.78 is 44.9. The Morgan fingerprint density at radius 2 is 1.94 bits per heavy atom. The fraction of sp³-hybridized carbons (Fsp3) is 0.250. The monoisotopic (exact) mass is 453 g/mol. The third-order valence-corrected chi connectivity index (χ3v) is 4.62. The van der Waals surface area contributed by atoms with Crippen molar-refractivity contribution in [3.05, 3.63) is 71.7 Å². The van der Waals surface area contributed by atoms with Crippen LogP contribution >= 0.6 is 12.4 Å². The number of amides is 1. The molecular formula is C20H19ClF3N5O2. The van der Waals surface area contributed by atoms with Crippen LogP contribution in [0.4, 0.5) is 18.9 Å². The number of hydrogen-bond donors (Lipinski definition) is 2. The maximum absolute atomic E-state index is 12.6. The number of carbonyl (C=O) groups is 1. The third-order valence-electron chi connectivity index (χ3n) is 4.62. The number of hydrogen-bond acceptors (Lipinski definition) is 5. The van der Waals surface area contributed by atoms with E-state index in [0.29, 0.717) is 12.3 Å². The molecule has 1 unspecified atom stereocenters. The predicted molar refractivity (Wildman–Crippen MR) is 110 cm³/mol. The Balaban J connectivity index is 0.00000272. The highest BCUT2D eigenvalue weighted by Gasteiger charge is 2.30. The van der Waals surface area contributed by atoms with Gasteiger partial charge in [0.15, 0.2) is 5.82 Å². The van der Waals surface area contributed by atoms with Crippen LogP contribution < -0.4 is 10.6 Å². The van der Waals surface area contributed by atoms with Gasteiger partial charge in [0.2, 0.25) is 0 Å². The van der Waals surface area contributed by atoms with Crippen molar-refractivity contribution in [2.24, 2.45) is 0 Å². The van der Waals surface area contributed by atoms with Crippen molar-refractivity contribution >= 4 is 24.0 Å². The minimum absolute atomic E-state index is 0. The van der Waals surface area contributed by atoms with E-state index in [9.17, 15) is 18.0 Å². The second-order valence-corrected chi connectivity index (χ2v) is 6.72. The topological polar surface area (TPSA) is 81.1 Å². The molecule has 0 aliphatic carbocycles. The molecule has 1 aliphatic rings. The quantitative estimate of drug-likeness (QED) is 0.630. The number of carbonyl (C=O) groups excluding carboxylic acids is 1. The summed E-state index contributed by atoms with van der Waals surface area (Å²) in [7, 11) is 0. The van der Waals surface area contributed by atoms with Crippen LogP contribution in [-0.2, 0) is 10.9 Å². The first kappa shape index (κ1) is 22.7. The summed E-state index contributed by atoms with van der Waals surface area (Å²) in [4.78, 5) is 16.2. The van der Waals surface area contributed by atoms with Gasteiger partial charge < -0.3 is 15.4 Å². The lowest BCUT2D eigenvalue weighted by molar-refractivity contribution is -0.137. The standard InChI is InChI=1S/C20H18F3N5O2.ClH/c21-20(22,23)15-3-6-18(25-10-15)28-12-14(9-26-28)19(29)27-16-4-1-13(2-5-16)17-11-24-7-8-30-17;/h1-6,9-10,12,17,24H,7-8,11H2,(H,27,29);1H. The molecule has 11 heteroatoms. The van der Waals surface area contributed by atoms with Crippen molar-refractivity contribution in [1.82, 2.24) is 20.1 Å². The predicted octanol–water partition coefficient (Wildman–Crippen LogP) is 3.62. The molecule has 1 aromatic carbocycles. The Hall–Kier alpha value is -2.95. The van der Waals surface area contributed by atoms with Crippen LogP contribution in [0.3, 0.4) is 0 Å². The summed E-state index contributed by atoms with van der Waals surface area (Å²) >= 11 is 0. The Kier molecular flexibility index (Phi) is 6.94. The van der Waals surface area contributed by atoms with Crippen molar-refractivity contribution in [3.8, 4) is 5.82 Å². The average Bonchev–Trinajstić information content (AvgIpc) is 3.25. The van der Waals surface area contributed by atoms with Crippen molar-refractivity contribution in [2.45, 2.75) is 12.3 Å². The number of halogens is 4. The molecule has 2 aromatic heterocycles. The highest BCUT2D eigenvalue weighted by molar-refractivity contribution is 6.03. The average molecular weight is 454 g/mol. The molecule has 164 valence electrons. The number of nitrogens with one attached hydrogen (secondary N) is 2. The van der Waals surface area contributed by atoms with Gasteiger partial charge in [-0.1, -0.05) is 12.1 Å². The first-order chi connectivity index (χ1) is 14.4. The van der Waals surface area contributed by atoms with E-state index in [2.05, 4.69) is 20.7 Å². The number of morpholine rings is 1. The number of alkyl halides is 3. The molecular weight excluding hydrogens is 435 g/mol. The number of benzene rings is 1. The van der Waals surface area contributed by atoms with Crippen LogP contribution in [-0.4, -0.2) is 40.4 Å². The van der Waals surface area contributed by atoms with E-state index >= 15 is 0 Å². The normalized spacial score (nSPS) is 16.4. The zero-order valence-corrected chi connectivity index (χ0v) is 16.9. The molecule has 1 aliphatic heterocycles. The van der Waals surface area contributed by atoms with Crippen LogP contribution in [0, 0.1) is 0 Å². The Labute approximate surface area is 182 Å². The Bertz CT molecular complexity index is 1020. The van der Waals surface area contributed by atoms with E-state index in [0.717, 1.165) is 30.9 Å². The maximum Gasteiger partial charge on any atom is 0.417 e. The molecule has 1 saturated heterocycles. The second-order valence-electron chi connectivity index (χ2n) is 6.72. The molecule has 4 rings (SSSR count). The fourth-order valence-corrected chi connectivity index (χ4v) is 3.02. The van der Waals surface area contributed by atoms with Crippen molar-refractivity contribution in [3.63, 3.8) is 0 Å². The second kappa shape index (κ2) is 9.46. The first-order valence-electron chi connectivity index (χ1n) is 9.22. The Morgan fingerprint density at radius 3 is 2.55 bits per heavy atom. The number of ether oxygens (including phenoxy) is 1. The number of anilines is 1. The summed E-state index contributed by atoms with van der Waals surface area (Å²) in [5.74, 6) is -0.219. The summed E-state index contributed by atoms with van der Waals surface area (Å²) in [5, 5.41) is 10.0. The number of pyridine rings is 1. The molecule has 1 amide bonds. The lowest BCUT2D eigenvalue weighted by atomic mass is 10.1. The van der Waals surface area contributed by atoms with Gasteiger partial charge >= 0.3 is 6.18 Å². The van der Waals surface area contributed by atoms with Gasteiger partial charge in [0, 0.05) is 31.2 Å². The van der Waals surface area contributed by atoms with Crippen LogP contribution in [0.25, 0.3) is 5.82 Å². The van der Waals surface area contributed by atoms with Crippen molar-refractivity contribution in [1.29, 1.82) is 0 Å². The van der Waals surface area contributed by atoms with Crippen molar-refractivity contribution < 1.29 is 22.7 Å². The highest BCUT2D eigenvalue weighted by Crippen LogP contribution is 2.28. The summed E-state index contributed by atoms with van der Waals surface area (Å²) in [6.45, 7) is 2.23. The molecule has 7 nitrogen and oxygen atoms in total. The molecule has 0 saturated carbocycles. The fourth-order valence-electron chi connectivity index (χ4n) is 3.02. The molecule has 0 spiro atoms. The molecule has 0 bridgehead atoms. The molecule has 31 heavy (non-hydrogen) atoms. The lowest BCUT2D eigenvalue weighted by Crippen LogP contribution is -2.33. The van der Waals surface area contributed by atoms with E-state index in [1.54, 1.807) is 12.1 Å². The van der Waals surface area contributed by atoms with Crippen LogP contribution in [0.1, 0.15) is 27.6 Å². The van der Waals surface area contributed by atoms with Gasteiger partial charge in [-0.05, 0) is 29.8 Å². The van der Waals surface area contributed by atoms with Gasteiger partial charge in [-0.15, -0.1) is 12.4 Å². The largest absolute Gasteiger partial charge is 0.417 e. The van der Waals surface area contributed by atoms with Crippen LogP contribution in [0.2, 0.25) is 0 Å². The number of aromatic nitrogens is 3. The number of nitrogens with zero attached hydrogens (tertiary/aromatic N) is 3. The van der Waals surface area contributed by atoms with Gasteiger partial charge in [-0.2, -0.15) is 18.3 Å². The SMILES string of the molecule is Cl.O=C(Nc1ccc(C2CNCCO2)cc1)c1cnn(-c2ccc(C(F)(F)F)cn2)c1. The maximum atomic E-state index is 12.6. The van der Waals surface area contributed by atoms with Gasteiger partial charge in [0.1, 0.15) is 0 Å². The molecule has 3 heterocycles. The molecule has 0 radical (unpaired) electrons. The van der Waals surface area contributed by atoms with E-state index in [-0.39, 0.29) is 29.9 Å². The summed E-state index contributed by atoms with van der Waals surface area (Å²) in [5.41, 5.74) is 1.02.